The molecule has 0 saturated carbocycles. The molecular formula is C4H2F8O4P-. The summed E-state index contributed by atoms with van der Waals surface area (Å²) in [6.45, 7) is -2.58. The van der Waals surface area contributed by atoms with Gasteiger partial charge in [0.2, 0.25) is 0 Å². The lowest BCUT2D eigenvalue weighted by molar-refractivity contribution is -0.381. The molecule has 17 heavy (non-hydrogen) atoms. The van der Waals surface area contributed by atoms with Crippen molar-refractivity contribution in [2.75, 3.05) is 6.61 Å². The molecule has 0 bridgehead atoms. The topological polar surface area (TPSA) is 58.6 Å². The molecule has 0 aliphatic rings. The zero-order valence-electron chi connectivity index (χ0n) is 7.31. The zero-order valence-corrected chi connectivity index (χ0v) is 8.21. The summed E-state index contributed by atoms with van der Waals surface area (Å²) in [5.41, 5.74) is 0. The Balaban J connectivity index is 4.61. The van der Waals surface area contributed by atoms with Gasteiger partial charge in [-0.3, -0.25) is 4.57 Å². The minimum Gasteiger partial charge on any atom is -0.756 e. The van der Waals surface area contributed by atoms with Crippen molar-refractivity contribution < 1.29 is 53.6 Å². The number of phosphoric ester groups is 1. The number of alkyl halides is 8. The molecule has 0 N–H and O–H groups in total. The van der Waals surface area contributed by atoms with Crippen molar-refractivity contribution in [3.05, 3.63) is 0 Å². The van der Waals surface area contributed by atoms with E-state index < -0.39 is 32.9 Å². The van der Waals surface area contributed by atoms with Crippen molar-refractivity contribution in [1.82, 2.24) is 0 Å². The number of phosphoric acid groups is 1. The lowest BCUT2D eigenvalue weighted by Crippen LogP contribution is -2.39. The monoisotopic (exact) mass is 297 g/mol. The Morgan fingerprint density at radius 2 is 1.41 bits per heavy atom. The molecule has 0 saturated heterocycles. The van der Waals surface area contributed by atoms with Crippen LogP contribution in [0, 0.1) is 0 Å². The smallest absolute Gasteiger partial charge is 0.483 e. The second-order valence-corrected chi connectivity index (χ2v) is 3.78. The summed E-state index contributed by atoms with van der Waals surface area (Å²) in [6.07, 6.45) is -17.8. The van der Waals surface area contributed by atoms with Gasteiger partial charge < -0.3 is 9.42 Å². The van der Waals surface area contributed by atoms with E-state index in [2.05, 4.69) is 9.05 Å². The van der Waals surface area contributed by atoms with Gasteiger partial charge in [-0.15, -0.1) is 0 Å². The van der Waals surface area contributed by atoms with Crippen molar-refractivity contribution in [3.8, 4) is 0 Å². The van der Waals surface area contributed by atoms with Gasteiger partial charge in [0.1, 0.15) is 0 Å². The maximum absolute atomic E-state index is 12.0. The van der Waals surface area contributed by atoms with Gasteiger partial charge in [0.05, 0.1) is 0 Å². The minimum atomic E-state index is -6.45. The summed E-state index contributed by atoms with van der Waals surface area (Å²) in [4.78, 5) is 10.2. The molecule has 0 spiro atoms. The van der Waals surface area contributed by atoms with E-state index in [-0.39, 0.29) is 0 Å². The van der Waals surface area contributed by atoms with Crippen molar-refractivity contribution in [3.63, 3.8) is 0 Å². The van der Waals surface area contributed by atoms with E-state index in [4.69, 9.17) is 0 Å². The van der Waals surface area contributed by atoms with Crippen LogP contribution < -0.4 is 4.89 Å². The number of halogens is 8. The number of hydrogen-bond donors (Lipinski definition) is 0. The first-order valence-corrected chi connectivity index (χ1v) is 4.80. The second-order valence-electron chi connectivity index (χ2n) is 2.44. The van der Waals surface area contributed by atoms with Gasteiger partial charge in [-0.05, 0) is 0 Å². The van der Waals surface area contributed by atoms with Gasteiger partial charge in [-0.25, -0.2) is 4.52 Å². The summed E-state index contributed by atoms with van der Waals surface area (Å²) in [5, 5.41) is 0. The van der Waals surface area contributed by atoms with E-state index in [0.717, 1.165) is 0 Å². The summed E-state index contributed by atoms with van der Waals surface area (Å²) >= 11 is 0. The first-order valence-electron chi connectivity index (χ1n) is 3.34. The van der Waals surface area contributed by atoms with Crippen molar-refractivity contribution in [2.45, 2.75) is 18.5 Å². The van der Waals surface area contributed by atoms with Crippen LogP contribution in [0.1, 0.15) is 0 Å². The largest absolute Gasteiger partial charge is 0.756 e. The van der Waals surface area contributed by atoms with Gasteiger partial charge in [0.25, 0.3) is 7.82 Å². The average Bonchev–Trinajstić information content (AvgIpc) is 1.95. The van der Waals surface area contributed by atoms with E-state index in [1.165, 1.54) is 0 Å². The Bertz CT molecular complexity index is 308. The van der Waals surface area contributed by atoms with Crippen molar-refractivity contribution >= 4 is 7.82 Å². The van der Waals surface area contributed by atoms with Crippen molar-refractivity contribution in [2.24, 2.45) is 0 Å². The highest BCUT2D eigenvalue weighted by Crippen LogP contribution is 2.50. The standard InChI is InChI=1S/C4H3F8O4P/c5-2(6,7)1-15-17(13,14)16-4(11,12)3(8,9)10/h1H2,(H,13,14)/p-1. The molecule has 0 aromatic carbocycles. The normalized spacial score (nSPS) is 17.9. The molecule has 1 atom stereocenters. The Hall–Kier alpha value is -0.450. The molecule has 13 heteroatoms. The van der Waals surface area contributed by atoms with Crippen LogP contribution in [0.4, 0.5) is 35.1 Å². The Labute approximate surface area is 87.7 Å². The van der Waals surface area contributed by atoms with Gasteiger partial charge in [0, 0.05) is 0 Å². The Morgan fingerprint density at radius 1 is 1.00 bits per heavy atom. The summed E-state index contributed by atoms with van der Waals surface area (Å²) < 4.78 is 108. The maximum atomic E-state index is 12.0. The third-order valence-corrected chi connectivity index (χ3v) is 1.84. The lowest BCUT2D eigenvalue weighted by atomic mass is 10.6. The molecule has 0 radical (unpaired) electrons. The van der Waals surface area contributed by atoms with Crippen molar-refractivity contribution in [1.29, 1.82) is 0 Å². The predicted molar refractivity (Wildman–Crippen MR) is 31.7 cm³/mol. The van der Waals surface area contributed by atoms with Crippen LogP contribution in [0.15, 0.2) is 0 Å². The SMILES string of the molecule is O=P([O-])(OCC(F)(F)F)OC(F)(F)C(F)(F)F. The predicted octanol–water partition coefficient (Wildman–Crippen LogP) is 2.21. The highest BCUT2D eigenvalue weighted by molar-refractivity contribution is 7.45. The van der Waals surface area contributed by atoms with E-state index >= 15 is 0 Å². The van der Waals surface area contributed by atoms with Gasteiger partial charge in [0.15, 0.2) is 6.61 Å². The summed E-state index contributed by atoms with van der Waals surface area (Å²) in [7, 11) is -6.45. The molecule has 0 rings (SSSR count). The van der Waals surface area contributed by atoms with Gasteiger partial charge >= 0.3 is 18.5 Å². The van der Waals surface area contributed by atoms with Crippen LogP contribution in [0.5, 0.6) is 0 Å². The fourth-order valence-electron chi connectivity index (χ4n) is 0.371. The molecule has 0 aromatic heterocycles. The van der Waals surface area contributed by atoms with Gasteiger partial charge in [-0.2, -0.15) is 35.1 Å². The molecule has 104 valence electrons. The molecule has 0 aliphatic heterocycles. The Morgan fingerprint density at radius 3 is 1.71 bits per heavy atom. The summed E-state index contributed by atoms with van der Waals surface area (Å²) in [5.74, 6) is 0. The fraction of sp³-hybridized carbons (Fsp3) is 1.00. The highest BCUT2D eigenvalue weighted by Gasteiger charge is 2.61. The maximum Gasteiger partial charge on any atom is 0.483 e. The minimum absolute atomic E-state index is 2.20. The average molecular weight is 297 g/mol. The zero-order chi connectivity index (χ0) is 14.1. The van der Waals surface area contributed by atoms with Crippen LogP contribution in [0.3, 0.4) is 0 Å². The first-order chi connectivity index (χ1) is 7.16. The van der Waals surface area contributed by atoms with E-state index in [9.17, 15) is 44.6 Å². The van der Waals surface area contributed by atoms with Crippen LogP contribution in [-0.4, -0.2) is 25.1 Å². The molecular weight excluding hydrogens is 295 g/mol. The lowest BCUT2D eigenvalue weighted by Gasteiger charge is -2.28. The van der Waals surface area contributed by atoms with E-state index in [1.54, 1.807) is 0 Å². The molecule has 1 unspecified atom stereocenters. The van der Waals surface area contributed by atoms with E-state index in [0.29, 0.717) is 0 Å². The highest BCUT2D eigenvalue weighted by atomic mass is 31.2. The van der Waals surface area contributed by atoms with Crippen LogP contribution in [0.2, 0.25) is 0 Å². The van der Waals surface area contributed by atoms with E-state index in [1.807, 2.05) is 0 Å². The fourth-order valence-corrected chi connectivity index (χ4v) is 1.11. The van der Waals surface area contributed by atoms with Crippen LogP contribution in [-0.2, 0) is 13.6 Å². The van der Waals surface area contributed by atoms with Crippen LogP contribution >= 0.6 is 7.82 Å². The number of rotatable bonds is 4. The molecule has 4 nitrogen and oxygen atoms in total. The quantitative estimate of drug-likeness (QED) is 0.589. The first kappa shape index (κ1) is 16.6. The van der Waals surface area contributed by atoms with Gasteiger partial charge in [-0.1, -0.05) is 0 Å². The molecule has 0 aliphatic carbocycles. The van der Waals surface area contributed by atoms with Crippen LogP contribution in [0.25, 0.3) is 0 Å². The molecule has 0 amide bonds. The molecule has 0 heterocycles. The Kier molecular flexibility index (Phi) is 4.55. The second kappa shape index (κ2) is 4.67. The molecule has 0 aromatic rings. The number of hydrogen-bond acceptors (Lipinski definition) is 4. The molecule has 0 fully saturated rings. The summed E-state index contributed by atoms with van der Waals surface area (Å²) in [6, 6.07) is 0. The third-order valence-electron chi connectivity index (χ3n) is 0.943. The third kappa shape index (κ3) is 6.15.